The molecule has 3 rings (SSSR count). The van der Waals surface area contributed by atoms with Crippen LogP contribution in [0.3, 0.4) is 0 Å². The number of carbonyl (C=O) groups excluding carboxylic acids is 1. The van der Waals surface area contributed by atoms with Crippen molar-refractivity contribution in [2.45, 2.75) is 19.4 Å². The Hall–Kier alpha value is -1.82. The number of halogens is 3. The summed E-state index contributed by atoms with van der Waals surface area (Å²) < 4.78 is 24.1. The third kappa shape index (κ3) is 4.67. The molecule has 1 unspecified atom stereocenters. The van der Waals surface area contributed by atoms with E-state index in [2.05, 4.69) is 5.32 Å². The number of rotatable bonds is 5. The van der Waals surface area contributed by atoms with Crippen LogP contribution in [0.25, 0.3) is 0 Å². The van der Waals surface area contributed by atoms with Gasteiger partial charge in [-0.1, -0.05) is 17.7 Å². The lowest BCUT2D eigenvalue weighted by atomic mass is 9.89. The van der Waals surface area contributed by atoms with Gasteiger partial charge >= 0.3 is 5.97 Å². The molecule has 0 fully saturated rings. The number of esters is 1. The van der Waals surface area contributed by atoms with Gasteiger partial charge in [-0.2, -0.15) is 0 Å². The largest absolute Gasteiger partial charge is 0.482 e. The van der Waals surface area contributed by atoms with E-state index in [1.807, 2.05) is 0 Å². The van der Waals surface area contributed by atoms with Crippen molar-refractivity contribution >= 4 is 30.0 Å². The summed E-state index contributed by atoms with van der Waals surface area (Å²) in [5.41, 5.74) is 2.75. The van der Waals surface area contributed by atoms with E-state index in [9.17, 15) is 9.18 Å². The third-order valence-electron chi connectivity index (χ3n) is 4.09. The number of nitrogens with one attached hydrogen (secondary N) is 1. The Kier molecular flexibility index (Phi) is 7.26. The topological polar surface area (TPSA) is 47.6 Å². The fourth-order valence-corrected chi connectivity index (χ4v) is 3.21. The molecule has 2 aromatic rings. The molecule has 26 heavy (non-hydrogen) atoms. The molecule has 0 amide bonds. The van der Waals surface area contributed by atoms with Crippen molar-refractivity contribution in [3.8, 4) is 5.75 Å². The summed E-state index contributed by atoms with van der Waals surface area (Å²) in [4.78, 5) is 11.6. The Morgan fingerprint density at radius 2 is 2.08 bits per heavy atom. The van der Waals surface area contributed by atoms with Crippen LogP contribution in [0.4, 0.5) is 4.39 Å². The van der Waals surface area contributed by atoms with E-state index in [0.29, 0.717) is 23.9 Å². The second-order valence-corrected chi connectivity index (χ2v) is 6.19. The fourth-order valence-electron chi connectivity index (χ4n) is 3.03. The van der Waals surface area contributed by atoms with Crippen LogP contribution >= 0.6 is 24.0 Å². The smallest absolute Gasteiger partial charge is 0.344 e. The minimum atomic E-state index is -0.428. The molecule has 0 saturated heterocycles. The summed E-state index contributed by atoms with van der Waals surface area (Å²) in [5, 5.41) is 3.98. The van der Waals surface area contributed by atoms with Gasteiger partial charge in [0, 0.05) is 17.1 Å². The molecule has 1 aliphatic rings. The highest BCUT2D eigenvalue weighted by atomic mass is 35.5. The maximum absolute atomic E-state index is 13.5. The van der Waals surface area contributed by atoms with Crippen molar-refractivity contribution in [1.82, 2.24) is 5.32 Å². The van der Waals surface area contributed by atoms with Gasteiger partial charge in [0.25, 0.3) is 0 Å². The summed E-state index contributed by atoms with van der Waals surface area (Å²) in [6, 6.07) is 9.85. The molecule has 0 radical (unpaired) electrons. The van der Waals surface area contributed by atoms with Crippen LogP contribution in [0.2, 0.25) is 5.02 Å². The Balaban J connectivity index is 0.00000243. The second kappa shape index (κ2) is 9.21. The van der Waals surface area contributed by atoms with Crippen molar-refractivity contribution in [3.63, 3.8) is 0 Å². The van der Waals surface area contributed by atoms with Crippen LogP contribution in [-0.2, 0) is 16.0 Å². The predicted octanol–water partition coefficient (Wildman–Crippen LogP) is 4.08. The maximum atomic E-state index is 13.5. The Labute approximate surface area is 163 Å². The SMILES string of the molecule is CCOC(=O)COc1ccc(Cl)cc1C1NCCc2cc(F)ccc21.Cl. The number of carbonyl (C=O) groups is 1. The van der Waals surface area contributed by atoms with Gasteiger partial charge in [-0.15, -0.1) is 12.4 Å². The highest BCUT2D eigenvalue weighted by molar-refractivity contribution is 6.30. The van der Waals surface area contributed by atoms with Crippen LogP contribution in [0.5, 0.6) is 5.75 Å². The molecular formula is C19H20Cl2FNO3. The van der Waals surface area contributed by atoms with Crippen molar-refractivity contribution in [2.75, 3.05) is 19.8 Å². The van der Waals surface area contributed by atoms with Crippen LogP contribution < -0.4 is 10.1 Å². The second-order valence-electron chi connectivity index (χ2n) is 5.76. The van der Waals surface area contributed by atoms with E-state index in [4.69, 9.17) is 21.1 Å². The minimum absolute atomic E-state index is 0. The van der Waals surface area contributed by atoms with Crippen LogP contribution in [-0.4, -0.2) is 25.7 Å². The minimum Gasteiger partial charge on any atom is -0.482 e. The monoisotopic (exact) mass is 399 g/mol. The lowest BCUT2D eigenvalue weighted by Gasteiger charge is -2.28. The predicted molar refractivity (Wildman–Crippen MR) is 101 cm³/mol. The molecule has 1 aliphatic heterocycles. The van der Waals surface area contributed by atoms with Gasteiger partial charge in [-0.25, -0.2) is 9.18 Å². The van der Waals surface area contributed by atoms with Crippen molar-refractivity contribution < 1.29 is 18.7 Å². The molecular weight excluding hydrogens is 380 g/mol. The first kappa shape index (κ1) is 20.5. The summed E-state index contributed by atoms with van der Waals surface area (Å²) in [5.74, 6) is -0.126. The van der Waals surface area contributed by atoms with E-state index in [-0.39, 0.29) is 30.9 Å². The number of ether oxygens (including phenoxy) is 2. The molecule has 0 bridgehead atoms. The van der Waals surface area contributed by atoms with Gasteiger partial charge in [0.1, 0.15) is 11.6 Å². The zero-order valence-electron chi connectivity index (χ0n) is 14.3. The normalized spacial score (nSPS) is 15.6. The van der Waals surface area contributed by atoms with E-state index in [1.165, 1.54) is 6.07 Å². The molecule has 1 heterocycles. The number of fused-ring (bicyclic) bond motifs is 1. The molecule has 1 atom stereocenters. The molecule has 140 valence electrons. The molecule has 0 saturated carbocycles. The van der Waals surface area contributed by atoms with Crippen LogP contribution in [0.1, 0.15) is 29.7 Å². The summed E-state index contributed by atoms with van der Waals surface area (Å²) >= 11 is 6.17. The molecule has 1 N–H and O–H groups in total. The average molecular weight is 400 g/mol. The standard InChI is InChI=1S/C19H19ClFNO3.ClH/c1-2-24-18(23)11-25-17-6-3-13(20)10-16(17)19-15-5-4-14(21)9-12(15)7-8-22-19;/h3-6,9-10,19,22H,2,7-8,11H2,1H3;1H. The molecule has 0 aromatic heterocycles. The first-order chi connectivity index (χ1) is 12.1. The van der Waals surface area contributed by atoms with Gasteiger partial charge in [0.2, 0.25) is 0 Å². The lowest BCUT2D eigenvalue weighted by Crippen LogP contribution is -2.31. The zero-order chi connectivity index (χ0) is 17.8. The average Bonchev–Trinajstić information content (AvgIpc) is 2.60. The number of hydrogen-bond donors (Lipinski definition) is 1. The first-order valence-corrected chi connectivity index (χ1v) is 8.56. The number of benzene rings is 2. The van der Waals surface area contributed by atoms with Gasteiger partial charge in [-0.05, 0) is 54.8 Å². The van der Waals surface area contributed by atoms with Gasteiger partial charge in [0.15, 0.2) is 6.61 Å². The van der Waals surface area contributed by atoms with E-state index >= 15 is 0 Å². The van der Waals surface area contributed by atoms with E-state index in [0.717, 1.165) is 23.1 Å². The van der Waals surface area contributed by atoms with Gasteiger partial charge < -0.3 is 14.8 Å². The van der Waals surface area contributed by atoms with Crippen molar-refractivity contribution in [2.24, 2.45) is 0 Å². The highest BCUT2D eigenvalue weighted by Crippen LogP contribution is 2.36. The summed E-state index contributed by atoms with van der Waals surface area (Å²) in [6.07, 6.45) is 0.753. The van der Waals surface area contributed by atoms with Crippen molar-refractivity contribution in [3.05, 3.63) is 63.9 Å². The van der Waals surface area contributed by atoms with Crippen LogP contribution in [0.15, 0.2) is 36.4 Å². The Morgan fingerprint density at radius 1 is 1.27 bits per heavy atom. The van der Waals surface area contributed by atoms with Crippen LogP contribution in [0, 0.1) is 5.82 Å². The van der Waals surface area contributed by atoms with Gasteiger partial charge in [-0.3, -0.25) is 0 Å². The quantitative estimate of drug-likeness (QED) is 0.769. The molecule has 0 spiro atoms. The molecule has 4 nitrogen and oxygen atoms in total. The summed E-state index contributed by atoms with van der Waals surface area (Å²) in [6.45, 7) is 2.59. The lowest BCUT2D eigenvalue weighted by molar-refractivity contribution is -0.145. The maximum Gasteiger partial charge on any atom is 0.344 e. The third-order valence-corrected chi connectivity index (χ3v) is 4.33. The number of hydrogen-bond acceptors (Lipinski definition) is 4. The summed E-state index contributed by atoms with van der Waals surface area (Å²) in [7, 11) is 0. The fraction of sp³-hybridized carbons (Fsp3) is 0.316. The van der Waals surface area contributed by atoms with Crippen molar-refractivity contribution in [1.29, 1.82) is 0 Å². The first-order valence-electron chi connectivity index (χ1n) is 8.18. The highest BCUT2D eigenvalue weighted by Gasteiger charge is 2.25. The molecule has 0 aliphatic carbocycles. The molecule has 7 heteroatoms. The van der Waals surface area contributed by atoms with E-state index in [1.54, 1.807) is 37.3 Å². The van der Waals surface area contributed by atoms with Gasteiger partial charge in [0.05, 0.1) is 12.6 Å². The zero-order valence-corrected chi connectivity index (χ0v) is 15.8. The molecule has 2 aromatic carbocycles. The Morgan fingerprint density at radius 3 is 2.85 bits per heavy atom. The Bertz CT molecular complexity index is 785. The van der Waals surface area contributed by atoms with E-state index < -0.39 is 5.97 Å².